The number of halogens is 1. The summed E-state index contributed by atoms with van der Waals surface area (Å²) in [5.74, 6) is -0.833. The predicted octanol–water partition coefficient (Wildman–Crippen LogP) is 1.60. The lowest BCUT2D eigenvalue weighted by atomic mass is 9.91. The van der Waals surface area contributed by atoms with Crippen molar-refractivity contribution in [2.24, 2.45) is 0 Å². The van der Waals surface area contributed by atoms with Gasteiger partial charge in [-0.2, -0.15) is 4.39 Å². The van der Waals surface area contributed by atoms with Crippen LogP contribution in [0.15, 0.2) is 18.3 Å². The highest BCUT2D eigenvalue weighted by atomic mass is 19.1. The molecule has 1 aliphatic rings. The Morgan fingerprint density at radius 1 is 1.44 bits per heavy atom. The Hall–Kier alpha value is -1.49. The van der Waals surface area contributed by atoms with E-state index in [1.165, 1.54) is 18.3 Å². The molecule has 1 amide bonds. The third-order valence-electron chi connectivity index (χ3n) is 3.49. The van der Waals surface area contributed by atoms with E-state index in [2.05, 4.69) is 4.98 Å². The minimum atomic E-state index is -0.605. The summed E-state index contributed by atoms with van der Waals surface area (Å²) in [6.07, 6.45) is 4.30. The molecule has 1 fully saturated rings. The number of carbonyl (C=O) groups excluding carboxylic acids is 1. The van der Waals surface area contributed by atoms with Crippen molar-refractivity contribution >= 4 is 5.91 Å². The normalized spacial score (nSPS) is 23.7. The molecule has 0 bridgehead atoms. The third-order valence-corrected chi connectivity index (χ3v) is 3.49. The molecule has 1 heterocycles. The molecule has 0 aromatic carbocycles. The maximum absolute atomic E-state index is 12.7. The number of aromatic nitrogens is 1. The zero-order chi connectivity index (χ0) is 13.1. The van der Waals surface area contributed by atoms with Gasteiger partial charge in [-0.1, -0.05) is 12.8 Å². The molecular weight excluding hydrogens is 235 g/mol. The van der Waals surface area contributed by atoms with E-state index in [1.807, 2.05) is 0 Å². The second kappa shape index (κ2) is 5.44. The highest BCUT2D eigenvalue weighted by molar-refractivity contribution is 5.93. The Balaban J connectivity index is 2.10. The standard InChI is InChI=1S/C13H17FN2O2/c1-16(10-4-2-3-5-11(10)17)13(18)9-6-7-12(14)15-8-9/h6-8,10-11,17H,2-5H2,1H3. The van der Waals surface area contributed by atoms with Crippen molar-refractivity contribution < 1.29 is 14.3 Å². The summed E-state index contributed by atoms with van der Waals surface area (Å²) in [4.78, 5) is 17.2. The molecule has 18 heavy (non-hydrogen) atoms. The van der Waals surface area contributed by atoms with E-state index in [0.717, 1.165) is 25.7 Å². The number of hydrogen-bond acceptors (Lipinski definition) is 3. The van der Waals surface area contributed by atoms with Gasteiger partial charge in [0.15, 0.2) is 0 Å². The molecule has 2 unspecified atom stereocenters. The molecule has 1 N–H and O–H groups in total. The number of amides is 1. The fourth-order valence-electron chi connectivity index (χ4n) is 2.40. The van der Waals surface area contributed by atoms with Gasteiger partial charge >= 0.3 is 0 Å². The lowest BCUT2D eigenvalue weighted by Gasteiger charge is -2.35. The van der Waals surface area contributed by atoms with Gasteiger partial charge in [-0.3, -0.25) is 4.79 Å². The maximum atomic E-state index is 12.7. The SMILES string of the molecule is CN(C(=O)c1ccc(F)nc1)C1CCCCC1O. The van der Waals surface area contributed by atoms with E-state index in [-0.39, 0.29) is 11.9 Å². The number of hydrogen-bond donors (Lipinski definition) is 1. The van der Waals surface area contributed by atoms with Crippen LogP contribution < -0.4 is 0 Å². The van der Waals surface area contributed by atoms with Gasteiger partial charge in [0.2, 0.25) is 5.95 Å². The fraction of sp³-hybridized carbons (Fsp3) is 0.538. The third kappa shape index (κ3) is 2.67. The molecule has 0 aliphatic heterocycles. The fourth-order valence-corrected chi connectivity index (χ4v) is 2.40. The van der Waals surface area contributed by atoms with Crippen molar-refractivity contribution in [3.05, 3.63) is 29.8 Å². The van der Waals surface area contributed by atoms with Crippen molar-refractivity contribution in [1.82, 2.24) is 9.88 Å². The summed E-state index contributed by atoms with van der Waals surface area (Å²) in [5.41, 5.74) is 0.344. The first-order valence-electron chi connectivity index (χ1n) is 6.16. The molecule has 98 valence electrons. The minimum Gasteiger partial charge on any atom is -0.391 e. The Kier molecular flexibility index (Phi) is 3.91. The molecule has 1 saturated carbocycles. The van der Waals surface area contributed by atoms with Crippen LogP contribution in [0.5, 0.6) is 0 Å². The smallest absolute Gasteiger partial charge is 0.255 e. The average Bonchev–Trinajstić information content (AvgIpc) is 2.38. The van der Waals surface area contributed by atoms with E-state index in [1.54, 1.807) is 11.9 Å². The van der Waals surface area contributed by atoms with Crippen LogP contribution in [0.25, 0.3) is 0 Å². The van der Waals surface area contributed by atoms with Crippen LogP contribution in [0.4, 0.5) is 4.39 Å². The van der Waals surface area contributed by atoms with Crippen LogP contribution in [0.2, 0.25) is 0 Å². The zero-order valence-electron chi connectivity index (χ0n) is 10.3. The number of carbonyl (C=O) groups is 1. The number of pyridine rings is 1. The van der Waals surface area contributed by atoms with Crippen LogP contribution in [0.1, 0.15) is 36.0 Å². The molecule has 1 aliphatic carbocycles. The van der Waals surface area contributed by atoms with Crippen LogP contribution in [-0.2, 0) is 0 Å². The van der Waals surface area contributed by atoms with E-state index in [4.69, 9.17) is 0 Å². The topological polar surface area (TPSA) is 53.4 Å². The summed E-state index contributed by atoms with van der Waals surface area (Å²) in [6.45, 7) is 0. The van der Waals surface area contributed by atoms with Crippen molar-refractivity contribution in [2.75, 3.05) is 7.05 Å². The Bertz CT molecular complexity index is 422. The van der Waals surface area contributed by atoms with Crippen LogP contribution in [0, 0.1) is 5.95 Å². The summed E-state index contributed by atoms with van der Waals surface area (Å²) < 4.78 is 12.7. The molecule has 1 aromatic heterocycles. The van der Waals surface area contributed by atoms with Crippen molar-refractivity contribution in [2.45, 2.75) is 37.8 Å². The molecule has 5 heteroatoms. The second-order valence-corrected chi connectivity index (χ2v) is 4.70. The second-order valence-electron chi connectivity index (χ2n) is 4.70. The predicted molar refractivity (Wildman–Crippen MR) is 64.6 cm³/mol. The lowest BCUT2D eigenvalue weighted by molar-refractivity contribution is 0.0267. The molecule has 0 spiro atoms. The first-order valence-corrected chi connectivity index (χ1v) is 6.16. The van der Waals surface area contributed by atoms with Gasteiger partial charge in [0.05, 0.1) is 17.7 Å². The van der Waals surface area contributed by atoms with Crippen molar-refractivity contribution in [3.8, 4) is 0 Å². The van der Waals surface area contributed by atoms with Gasteiger partial charge in [0.1, 0.15) is 0 Å². The molecule has 4 nitrogen and oxygen atoms in total. The Labute approximate surface area is 105 Å². The minimum absolute atomic E-state index is 0.156. The molecule has 0 saturated heterocycles. The highest BCUT2D eigenvalue weighted by Crippen LogP contribution is 2.23. The van der Waals surface area contributed by atoms with Crippen molar-refractivity contribution in [3.63, 3.8) is 0 Å². The van der Waals surface area contributed by atoms with Gasteiger partial charge in [0, 0.05) is 13.2 Å². The number of likely N-dealkylation sites (N-methyl/N-ethyl adjacent to an activating group) is 1. The monoisotopic (exact) mass is 252 g/mol. The van der Waals surface area contributed by atoms with Gasteiger partial charge < -0.3 is 10.0 Å². The van der Waals surface area contributed by atoms with Gasteiger partial charge in [-0.05, 0) is 25.0 Å². The van der Waals surface area contributed by atoms with Crippen LogP contribution >= 0.6 is 0 Å². The largest absolute Gasteiger partial charge is 0.391 e. The van der Waals surface area contributed by atoms with E-state index < -0.39 is 12.1 Å². The maximum Gasteiger partial charge on any atom is 0.255 e. The molecule has 2 atom stereocenters. The van der Waals surface area contributed by atoms with E-state index >= 15 is 0 Å². The van der Waals surface area contributed by atoms with Crippen LogP contribution in [0.3, 0.4) is 0 Å². The Morgan fingerprint density at radius 2 is 2.17 bits per heavy atom. The van der Waals surface area contributed by atoms with E-state index in [0.29, 0.717) is 5.56 Å². The van der Waals surface area contributed by atoms with Gasteiger partial charge in [-0.25, -0.2) is 4.98 Å². The first kappa shape index (κ1) is 13.0. The summed E-state index contributed by atoms with van der Waals surface area (Å²) in [6, 6.07) is 2.42. The number of rotatable bonds is 2. The number of aliphatic hydroxyl groups excluding tert-OH is 1. The molecular formula is C13H17FN2O2. The lowest BCUT2D eigenvalue weighted by Crippen LogP contribution is -2.46. The highest BCUT2D eigenvalue weighted by Gasteiger charge is 2.29. The Morgan fingerprint density at radius 3 is 2.78 bits per heavy atom. The zero-order valence-corrected chi connectivity index (χ0v) is 10.3. The van der Waals surface area contributed by atoms with Gasteiger partial charge in [-0.15, -0.1) is 0 Å². The number of nitrogens with zero attached hydrogens (tertiary/aromatic N) is 2. The summed E-state index contributed by atoms with van der Waals surface area (Å²) >= 11 is 0. The quantitative estimate of drug-likeness (QED) is 0.813. The van der Waals surface area contributed by atoms with Gasteiger partial charge in [0.25, 0.3) is 5.91 Å². The summed E-state index contributed by atoms with van der Waals surface area (Å²) in [5, 5.41) is 9.91. The molecule has 0 radical (unpaired) electrons. The van der Waals surface area contributed by atoms with Crippen LogP contribution in [-0.4, -0.2) is 40.1 Å². The number of aliphatic hydroxyl groups is 1. The van der Waals surface area contributed by atoms with E-state index in [9.17, 15) is 14.3 Å². The van der Waals surface area contributed by atoms with Crippen molar-refractivity contribution in [1.29, 1.82) is 0 Å². The molecule has 1 aromatic rings. The molecule has 2 rings (SSSR count). The average molecular weight is 252 g/mol. The summed E-state index contributed by atoms with van der Waals surface area (Å²) in [7, 11) is 1.67. The first-order chi connectivity index (χ1) is 8.59.